The molecule has 126 valence electrons. The molecular weight excluding hydrogens is 324 g/mol. The molecule has 0 aliphatic carbocycles. The van der Waals surface area contributed by atoms with Gasteiger partial charge in [-0.15, -0.1) is 0 Å². The van der Waals surface area contributed by atoms with Gasteiger partial charge in [-0.25, -0.2) is 0 Å². The molecule has 3 rings (SSSR count). The van der Waals surface area contributed by atoms with Crippen LogP contribution in [0.5, 0.6) is 0 Å². The van der Waals surface area contributed by atoms with Crippen molar-refractivity contribution in [2.75, 3.05) is 23.3 Å². The lowest BCUT2D eigenvalue weighted by molar-refractivity contribution is -0.115. The van der Waals surface area contributed by atoms with Crippen LogP contribution in [0.25, 0.3) is 0 Å². The lowest BCUT2D eigenvalue weighted by atomic mass is 10.1. The van der Waals surface area contributed by atoms with E-state index in [1.165, 1.54) is 0 Å². The molecule has 0 aromatic heterocycles. The summed E-state index contributed by atoms with van der Waals surface area (Å²) in [5.74, 6) is -0.0678. The Morgan fingerprint density at radius 1 is 1.17 bits per heavy atom. The molecule has 0 radical (unpaired) electrons. The van der Waals surface area contributed by atoms with E-state index in [9.17, 15) is 9.90 Å². The Bertz CT molecular complexity index is 712. The molecular formula is C19H21ClN2O2. The van der Waals surface area contributed by atoms with Gasteiger partial charge in [0.2, 0.25) is 5.91 Å². The molecule has 2 N–H and O–H groups in total. The Morgan fingerprint density at radius 2 is 1.92 bits per heavy atom. The number of carbonyl (C=O) groups is 1. The number of benzene rings is 2. The van der Waals surface area contributed by atoms with Crippen molar-refractivity contribution in [3.05, 3.63) is 59.1 Å². The summed E-state index contributed by atoms with van der Waals surface area (Å²) < 4.78 is 0. The van der Waals surface area contributed by atoms with Gasteiger partial charge in [-0.1, -0.05) is 35.9 Å². The number of nitrogens with one attached hydrogen (secondary N) is 1. The second kappa shape index (κ2) is 7.69. The van der Waals surface area contributed by atoms with Crippen LogP contribution in [0, 0.1) is 0 Å². The molecule has 24 heavy (non-hydrogen) atoms. The van der Waals surface area contributed by atoms with E-state index in [2.05, 4.69) is 10.2 Å². The Morgan fingerprint density at radius 3 is 2.67 bits per heavy atom. The van der Waals surface area contributed by atoms with E-state index >= 15 is 0 Å². The maximum atomic E-state index is 12.4. The molecule has 0 unspecified atom stereocenters. The van der Waals surface area contributed by atoms with E-state index in [0.29, 0.717) is 5.02 Å². The number of carbonyl (C=O) groups excluding carboxylic acids is 1. The van der Waals surface area contributed by atoms with Gasteiger partial charge in [-0.3, -0.25) is 4.79 Å². The maximum absolute atomic E-state index is 12.4. The number of amides is 1. The Labute approximate surface area is 147 Å². The molecule has 1 saturated heterocycles. The third-order valence-electron chi connectivity index (χ3n) is 4.24. The lowest BCUT2D eigenvalue weighted by Crippen LogP contribution is -2.36. The van der Waals surface area contributed by atoms with Crippen LogP contribution >= 0.6 is 11.6 Å². The van der Waals surface area contributed by atoms with E-state index in [1.807, 2.05) is 36.4 Å². The molecule has 1 aliphatic rings. The highest BCUT2D eigenvalue weighted by Gasteiger charge is 2.19. The second-order valence-electron chi connectivity index (χ2n) is 6.09. The highest BCUT2D eigenvalue weighted by Crippen LogP contribution is 2.28. The van der Waals surface area contributed by atoms with Crippen molar-refractivity contribution in [1.82, 2.24) is 0 Å². The number of hydrogen-bond acceptors (Lipinski definition) is 3. The fourth-order valence-corrected chi connectivity index (χ4v) is 3.20. The summed E-state index contributed by atoms with van der Waals surface area (Å²) in [7, 11) is 0. The van der Waals surface area contributed by atoms with Crippen molar-refractivity contribution < 1.29 is 9.90 Å². The molecule has 0 atom stereocenters. The standard InChI is InChI=1S/C19H21ClN2O2/c20-15-5-3-4-14(12-15)13-19(24)21-17-6-1-2-7-18(17)22-10-8-16(23)9-11-22/h1-7,12,16,23H,8-11,13H2,(H,21,24). The molecule has 1 aliphatic heterocycles. The minimum Gasteiger partial charge on any atom is -0.393 e. The Balaban J connectivity index is 1.69. The first-order valence-corrected chi connectivity index (χ1v) is 8.56. The van der Waals surface area contributed by atoms with Crippen LogP contribution in [-0.2, 0) is 11.2 Å². The molecule has 2 aromatic carbocycles. The lowest BCUT2D eigenvalue weighted by Gasteiger charge is -2.32. The molecule has 1 amide bonds. The van der Waals surface area contributed by atoms with Gasteiger partial charge in [0.25, 0.3) is 0 Å². The summed E-state index contributed by atoms with van der Waals surface area (Å²) in [6.07, 6.45) is 1.58. The van der Waals surface area contributed by atoms with Gasteiger partial charge in [0.1, 0.15) is 0 Å². The summed E-state index contributed by atoms with van der Waals surface area (Å²) in [5, 5.41) is 13.3. The molecule has 5 heteroatoms. The molecule has 4 nitrogen and oxygen atoms in total. The van der Waals surface area contributed by atoms with Crippen LogP contribution in [-0.4, -0.2) is 30.2 Å². The van der Waals surface area contributed by atoms with Crippen molar-refractivity contribution in [3.63, 3.8) is 0 Å². The number of aliphatic hydroxyl groups excluding tert-OH is 1. The van der Waals surface area contributed by atoms with Gasteiger partial charge < -0.3 is 15.3 Å². The molecule has 2 aromatic rings. The van der Waals surface area contributed by atoms with Crippen LogP contribution in [0.15, 0.2) is 48.5 Å². The van der Waals surface area contributed by atoms with Gasteiger partial charge in [-0.2, -0.15) is 0 Å². The zero-order chi connectivity index (χ0) is 16.9. The number of piperidine rings is 1. The first-order chi connectivity index (χ1) is 11.6. The average molecular weight is 345 g/mol. The van der Waals surface area contributed by atoms with E-state index in [-0.39, 0.29) is 18.4 Å². The Hall–Kier alpha value is -2.04. The largest absolute Gasteiger partial charge is 0.393 e. The van der Waals surface area contributed by atoms with Crippen LogP contribution in [0.2, 0.25) is 5.02 Å². The van der Waals surface area contributed by atoms with Crippen LogP contribution in [0.3, 0.4) is 0 Å². The van der Waals surface area contributed by atoms with Crippen LogP contribution in [0.4, 0.5) is 11.4 Å². The molecule has 0 spiro atoms. The number of hydrogen-bond donors (Lipinski definition) is 2. The van der Waals surface area contributed by atoms with Gasteiger partial charge in [0.15, 0.2) is 0 Å². The summed E-state index contributed by atoms with van der Waals surface area (Å²) >= 11 is 5.97. The first kappa shape index (κ1) is 16.8. The fourth-order valence-electron chi connectivity index (χ4n) is 2.99. The normalized spacial score (nSPS) is 15.3. The molecule has 0 saturated carbocycles. The quantitative estimate of drug-likeness (QED) is 0.892. The van der Waals surface area contributed by atoms with E-state index in [0.717, 1.165) is 42.9 Å². The molecule has 1 fully saturated rings. The Kier molecular flexibility index (Phi) is 5.38. The third kappa shape index (κ3) is 4.28. The third-order valence-corrected chi connectivity index (χ3v) is 4.47. The SMILES string of the molecule is O=C(Cc1cccc(Cl)c1)Nc1ccccc1N1CCC(O)CC1. The van der Waals surface area contributed by atoms with Crippen LogP contribution < -0.4 is 10.2 Å². The monoisotopic (exact) mass is 344 g/mol. The van der Waals surface area contributed by atoms with Crippen molar-refractivity contribution in [3.8, 4) is 0 Å². The zero-order valence-corrected chi connectivity index (χ0v) is 14.2. The van der Waals surface area contributed by atoms with E-state index in [4.69, 9.17) is 11.6 Å². The van der Waals surface area contributed by atoms with Crippen molar-refractivity contribution in [1.29, 1.82) is 0 Å². The van der Waals surface area contributed by atoms with Crippen molar-refractivity contribution >= 4 is 28.9 Å². The predicted molar refractivity (Wildman–Crippen MR) is 97.7 cm³/mol. The number of nitrogens with zero attached hydrogens (tertiary/aromatic N) is 1. The van der Waals surface area contributed by atoms with Gasteiger partial charge in [0.05, 0.1) is 23.9 Å². The summed E-state index contributed by atoms with van der Waals surface area (Å²) in [5.41, 5.74) is 2.70. The number of aliphatic hydroxyl groups is 1. The zero-order valence-electron chi connectivity index (χ0n) is 13.4. The number of para-hydroxylation sites is 2. The second-order valence-corrected chi connectivity index (χ2v) is 6.53. The minimum atomic E-state index is -0.217. The number of anilines is 2. The highest BCUT2D eigenvalue weighted by molar-refractivity contribution is 6.30. The predicted octanol–water partition coefficient (Wildman–Crippen LogP) is 3.48. The number of rotatable bonds is 4. The van der Waals surface area contributed by atoms with E-state index < -0.39 is 0 Å². The first-order valence-electron chi connectivity index (χ1n) is 8.18. The molecule has 0 bridgehead atoms. The van der Waals surface area contributed by atoms with Crippen LogP contribution in [0.1, 0.15) is 18.4 Å². The van der Waals surface area contributed by atoms with Gasteiger partial charge in [-0.05, 0) is 42.7 Å². The summed E-state index contributed by atoms with van der Waals surface area (Å²) in [4.78, 5) is 14.6. The van der Waals surface area contributed by atoms with Crippen molar-refractivity contribution in [2.45, 2.75) is 25.4 Å². The topological polar surface area (TPSA) is 52.6 Å². The van der Waals surface area contributed by atoms with Crippen molar-refractivity contribution in [2.24, 2.45) is 0 Å². The van der Waals surface area contributed by atoms with E-state index in [1.54, 1.807) is 12.1 Å². The number of halogens is 1. The smallest absolute Gasteiger partial charge is 0.228 e. The summed E-state index contributed by atoms with van der Waals surface area (Å²) in [6, 6.07) is 15.1. The summed E-state index contributed by atoms with van der Waals surface area (Å²) in [6.45, 7) is 1.59. The fraction of sp³-hybridized carbons (Fsp3) is 0.316. The van der Waals surface area contributed by atoms with Gasteiger partial charge in [0, 0.05) is 18.1 Å². The average Bonchev–Trinajstić information content (AvgIpc) is 2.56. The van der Waals surface area contributed by atoms with Gasteiger partial charge >= 0.3 is 0 Å². The minimum absolute atomic E-state index is 0.0678. The molecule has 1 heterocycles. The highest BCUT2D eigenvalue weighted by atomic mass is 35.5. The maximum Gasteiger partial charge on any atom is 0.228 e.